The molecule has 0 aliphatic carbocycles. The van der Waals surface area contributed by atoms with E-state index in [1.807, 2.05) is 30.3 Å². The third kappa shape index (κ3) is 5.68. The molecule has 2 aromatic heterocycles. The van der Waals surface area contributed by atoms with Gasteiger partial charge in [0.1, 0.15) is 18.0 Å². The number of halogens is 4. The Morgan fingerprint density at radius 1 is 0.923 bits per heavy atom. The van der Waals surface area contributed by atoms with Gasteiger partial charge in [0, 0.05) is 18.1 Å². The second-order valence-electron chi connectivity index (χ2n) is 8.68. The van der Waals surface area contributed by atoms with E-state index < -0.39 is 23.4 Å². The number of hydrogen-bond donors (Lipinski definition) is 1. The number of rotatable bonds is 7. The molecule has 5 aromatic rings. The second-order valence-corrected chi connectivity index (χ2v) is 9.12. The summed E-state index contributed by atoms with van der Waals surface area (Å²) in [7, 11) is 1.38. The minimum atomic E-state index is -4.88. The highest BCUT2D eigenvalue weighted by Gasteiger charge is 2.32. The first kappa shape index (κ1) is 26.1. The Balaban J connectivity index is 1.68. The van der Waals surface area contributed by atoms with Crippen LogP contribution in [0.3, 0.4) is 0 Å². The van der Waals surface area contributed by atoms with Gasteiger partial charge in [-0.15, -0.1) is 13.2 Å². The van der Waals surface area contributed by atoms with Crippen molar-refractivity contribution in [2.75, 3.05) is 0 Å². The number of H-pyrrole nitrogens is 1. The van der Waals surface area contributed by atoms with Crippen molar-refractivity contribution < 1.29 is 27.2 Å². The van der Waals surface area contributed by atoms with Crippen LogP contribution in [0.15, 0.2) is 88.5 Å². The summed E-state index contributed by atoms with van der Waals surface area (Å²) >= 11 is 6.03. The molecule has 12 heteroatoms. The molecule has 200 valence electrons. The van der Waals surface area contributed by atoms with E-state index in [-0.39, 0.29) is 36.0 Å². The van der Waals surface area contributed by atoms with Crippen molar-refractivity contribution in [1.82, 2.24) is 14.1 Å². The summed E-state index contributed by atoms with van der Waals surface area (Å²) in [6.45, 7) is 0.282. The van der Waals surface area contributed by atoms with Crippen molar-refractivity contribution in [3.8, 4) is 17.5 Å². The average molecular weight is 558 g/mol. The molecule has 2 heterocycles. The molecule has 0 amide bonds. The standard InChI is InChI=1S/C27H20ClF3N4O4/c1-33-24(36)22-23(35(26(33)37)16-17-6-3-2-4-7-17)32-25(34(22)15-18-10-12-19(28)13-11-18)38-20-8-5-9-21(14-20)39-27(29,30)31/h2-14H,15-16H2,1H3/p+1. The monoisotopic (exact) mass is 557 g/mol. The maximum Gasteiger partial charge on any atom is 0.573 e. The molecule has 8 nitrogen and oxygen atoms in total. The molecule has 0 bridgehead atoms. The number of nitrogens with zero attached hydrogens (tertiary/aromatic N) is 3. The minimum Gasteiger partial charge on any atom is -0.406 e. The Kier molecular flexibility index (Phi) is 6.92. The van der Waals surface area contributed by atoms with E-state index in [1.54, 1.807) is 24.3 Å². The van der Waals surface area contributed by atoms with E-state index in [2.05, 4.69) is 9.72 Å². The lowest BCUT2D eigenvalue weighted by Crippen LogP contribution is -2.44. The maximum absolute atomic E-state index is 13.4. The molecule has 0 aliphatic heterocycles. The van der Waals surface area contributed by atoms with Crippen molar-refractivity contribution in [2.45, 2.75) is 19.5 Å². The lowest BCUT2D eigenvalue weighted by atomic mass is 10.2. The zero-order valence-corrected chi connectivity index (χ0v) is 21.2. The molecule has 0 saturated carbocycles. The van der Waals surface area contributed by atoms with Gasteiger partial charge < -0.3 is 9.47 Å². The van der Waals surface area contributed by atoms with E-state index >= 15 is 0 Å². The fourth-order valence-corrected chi connectivity index (χ4v) is 4.28. The first-order valence-electron chi connectivity index (χ1n) is 11.7. The third-order valence-corrected chi connectivity index (χ3v) is 6.20. The summed E-state index contributed by atoms with van der Waals surface area (Å²) in [5.41, 5.74) is 0.779. The van der Waals surface area contributed by atoms with E-state index in [0.29, 0.717) is 5.02 Å². The lowest BCUT2D eigenvalue weighted by molar-refractivity contribution is -0.667. The van der Waals surface area contributed by atoms with E-state index in [9.17, 15) is 22.8 Å². The van der Waals surface area contributed by atoms with Crippen LogP contribution >= 0.6 is 11.6 Å². The van der Waals surface area contributed by atoms with Gasteiger partial charge in [0.15, 0.2) is 0 Å². The summed E-state index contributed by atoms with van der Waals surface area (Å²) in [5.74, 6) is -0.459. The smallest absolute Gasteiger partial charge is 0.406 e. The van der Waals surface area contributed by atoms with Crippen molar-refractivity contribution in [1.29, 1.82) is 0 Å². The van der Waals surface area contributed by atoms with Crippen LogP contribution in [0, 0.1) is 0 Å². The molecule has 1 N–H and O–H groups in total. The Morgan fingerprint density at radius 3 is 2.31 bits per heavy atom. The average Bonchev–Trinajstić information content (AvgIpc) is 3.24. The van der Waals surface area contributed by atoms with Crippen LogP contribution in [0.25, 0.3) is 11.2 Å². The van der Waals surface area contributed by atoms with Crippen molar-refractivity contribution in [2.24, 2.45) is 7.05 Å². The van der Waals surface area contributed by atoms with Crippen LogP contribution in [0.2, 0.25) is 5.02 Å². The Bertz CT molecular complexity index is 1760. The third-order valence-electron chi connectivity index (χ3n) is 5.95. The van der Waals surface area contributed by atoms with Gasteiger partial charge in [-0.05, 0) is 35.4 Å². The number of fused-ring (bicyclic) bond motifs is 1. The number of imidazole rings is 1. The summed E-state index contributed by atoms with van der Waals surface area (Å²) < 4.78 is 52.2. The highest BCUT2D eigenvalue weighted by Crippen LogP contribution is 2.28. The van der Waals surface area contributed by atoms with Gasteiger partial charge in [0.05, 0.1) is 6.54 Å². The summed E-state index contributed by atoms with van der Waals surface area (Å²) in [6, 6.07) is 21.1. The van der Waals surface area contributed by atoms with E-state index in [1.165, 1.54) is 28.3 Å². The topological polar surface area (TPSA) is 82.1 Å². The van der Waals surface area contributed by atoms with Gasteiger partial charge in [0.25, 0.3) is 11.2 Å². The van der Waals surface area contributed by atoms with Gasteiger partial charge in [-0.1, -0.05) is 60.1 Å². The highest BCUT2D eigenvalue weighted by molar-refractivity contribution is 6.30. The predicted molar refractivity (Wildman–Crippen MR) is 137 cm³/mol. The number of hydrogen-bond acceptors (Lipinski definition) is 4. The van der Waals surface area contributed by atoms with Gasteiger partial charge >= 0.3 is 23.6 Å². The molecule has 0 spiro atoms. The number of ether oxygens (including phenoxy) is 2. The molecular weight excluding hydrogens is 537 g/mol. The van der Waals surface area contributed by atoms with E-state index in [0.717, 1.165) is 27.8 Å². The zero-order chi connectivity index (χ0) is 27.7. The molecule has 0 saturated heterocycles. The maximum atomic E-state index is 13.4. The number of aromatic nitrogens is 4. The number of benzene rings is 3. The minimum absolute atomic E-state index is 0.0157. The van der Waals surface area contributed by atoms with Crippen LogP contribution in [0.1, 0.15) is 11.1 Å². The number of aromatic amines is 1. The molecule has 0 aliphatic rings. The lowest BCUT2D eigenvalue weighted by Gasteiger charge is -2.09. The quantitative estimate of drug-likeness (QED) is 0.293. The van der Waals surface area contributed by atoms with Crippen LogP contribution in [0.5, 0.6) is 17.5 Å². The Labute approximate surface area is 224 Å². The number of alkyl halides is 3. The van der Waals surface area contributed by atoms with Crippen molar-refractivity contribution in [3.63, 3.8) is 0 Å². The van der Waals surface area contributed by atoms with Gasteiger partial charge in [-0.2, -0.15) is 9.55 Å². The van der Waals surface area contributed by atoms with Gasteiger partial charge in [-0.3, -0.25) is 13.9 Å². The molecule has 0 unspecified atom stereocenters. The summed E-state index contributed by atoms with van der Waals surface area (Å²) in [6.07, 6.45) is -4.88. The van der Waals surface area contributed by atoms with Crippen molar-refractivity contribution in [3.05, 3.63) is 116 Å². The first-order valence-corrected chi connectivity index (χ1v) is 12.0. The van der Waals surface area contributed by atoms with Crippen molar-refractivity contribution >= 4 is 22.8 Å². The molecule has 0 fully saturated rings. The Morgan fingerprint density at radius 2 is 1.62 bits per heavy atom. The molecular formula is C27H21ClF3N4O4+. The molecule has 3 aromatic carbocycles. The predicted octanol–water partition coefficient (Wildman–Crippen LogP) is 4.76. The second kappa shape index (κ2) is 10.3. The molecule has 39 heavy (non-hydrogen) atoms. The van der Waals surface area contributed by atoms with Gasteiger partial charge in [-0.25, -0.2) is 4.79 Å². The van der Waals surface area contributed by atoms with Crippen LogP contribution in [-0.4, -0.2) is 20.5 Å². The summed E-state index contributed by atoms with van der Waals surface area (Å²) in [5, 5.41) is 0.522. The highest BCUT2D eigenvalue weighted by atomic mass is 35.5. The van der Waals surface area contributed by atoms with Crippen LogP contribution in [0.4, 0.5) is 13.2 Å². The Hall–Kier alpha value is -4.51. The zero-order valence-electron chi connectivity index (χ0n) is 20.4. The first-order chi connectivity index (χ1) is 18.6. The van der Waals surface area contributed by atoms with Crippen LogP contribution < -0.4 is 25.3 Å². The fraction of sp³-hybridized carbons (Fsp3) is 0.148. The van der Waals surface area contributed by atoms with Gasteiger partial charge in [0.2, 0.25) is 0 Å². The molecule has 0 atom stereocenters. The molecule has 0 radical (unpaired) electrons. The fourth-order valence-electron chi connectivity index (χ4n) is 4.15. The molecule has 5 rings (SSSR count). The SMILES string of the molecule is Cn1c(=O)c2c([nH]c(Oc3cccc(OC(F)(F)F)c3)[n+]2Cc2ccc(Cl)cc2)n(Cc2ccccc2)c1=O. The number of nitrogens with one attached hydrogen (secondary N) is 1. The van der Waals surface area contributed by atoms with Crippen LogP contribution in [-0.2, 0) is 20.1 Å². The normalized spacial score (nSPS) is 11.6. The summed E-state index contributed by atoms with van der Waals surface area (Å²) in [4.78, 5) is 29.6. The van der Waals surface area contributed by atoms with E-state index in [4.69, 9.17) is 16.3 Å². The largest absolute Gasteiger partial charge is 0.573 e.